The molecule has 0 aromatic heterocycles. The van der Waals surface area contributed by atoms with Gasteiger partial charge in [-0.25, -0.2) is 0 Å². The van der Waals surface area contributed by atoms with Crippen molar-refractivity contribution in [3.63, 3.8) is 0 Å². The van der Waals surface area contributed by atoms with Gasteiger partial charge in [0.1, 0.15) is 0 Å². The van der Waals surface area contributed by atoms with Gasteiger partial charge in [0, 0.05) is 16.7 Å². The molecule has 94 valence electrons. The lowest BCUT2D eigenvalue weighted by atomic mass is 9.82. The Balaban J connectivity index is 1.90. The lowest BCUT2D eigenvalue weighted by molar-refractivity contribution is 0.293. The second kappa shape index (κ2) is 5.90. The highest BCUT2D eigenvalue weighted by atomic mass is 79.9. The largest absolute Gasteiger partial charge is 0.385 e. The van der Waals surface area contributed by atoms with Gasteiger partial charge in [0.25, 0.3) is 0 Å². The van der Waals surface area contributed by atoms with Crippen LogP contribution in [0.15, 0.2) is 22.7 Å². The van der Waals surface area contributed by atoms with E-state index in [1.807, 2.05) is 0 Å². The Morgan fingerprint density at radius 2 is 2.18 bits per heavy atom. The van der Waals surface area contributed by atoms with Gasteiger partial charge in [-0.2, -0.15) is 0 Å². The van der Waals surface area contributed by atoms with Crippen molar-refractivity contribution in [2.45, 2.75) is 39.5 Å². The third-order valence-corrected chi connectivity index (χ3v) is 4.32. The molecule has 1 aromatic carbocycles. The second-order valence-corrected chi connectivity index (χ2v) is 6.39. The molecule has 1 saturated carbocycles. The van der Waals surface area contributed by atoms with Crippen molar-refractivity contribution in [2.75, 3.05) is 11.9 Å². The first kappa shape index (κ1) is 12.9. The highest BCUT2D eigenvalue weighted by Crippen LogP contribution is 2.29. The smallest absolute Gasteiger partial charge is 0.0381 e. The van der Waals surface area contributed by atoms with Gasteiger partial charge in [-0.1, -0.05) is 41.8 Å². The normalized spacial score (nSPS) is 24.6. The van der Waals surface area contributed by atoms with Crippen molar-refractivity contribution in [2.24, 2.45) is 11.8 Å². The summed E-state index contributed by atoms with van der Waals surface area (Å²) in [6.07, 6.45) is 5.61. The molecule has 1 aromatic rings. The van der Waals surface area contributed by atoms with Gasteiger partial charge >= 0.3 is 0 Å². The summed E-state index contributed by atoms with van der Waals surface area (Å²) in [5.74, 6) is 1.77. The molecule has 1 nitrogen and oxygen atoms in total. The van der Waals surface area contributed by atoms with E-state index in [1.54, 1.807) is 0 Å². The molecule has 0 amide bonds. The highest BCUT2D eigenvalue weighted by molar-refractivity contribution is 9.10. The van der Waals surface area contributed by atoms with Crippen molar-refractivity contribution >= 4 is 21.6 Å². The van der Waals surface area contributed by atoms with Crippen LogP contribution in [-0.2, 0) is 0 Å². The number of hydrogen-bond donors (Lipinski definition) is 1. The van der Waals surface area contributed by atoms with Crippen LogP contribution in [0, 0.1) is 18.8 Å². The molecule has 0 spiro atoms. The van der Waals surface area contributed by atoms with Crippen LogP contribution in [0.25, 0.3) is 0 Å². The molecule has 17 heavy (non-hydrogen) atoms. The predicted molar refractivity (Wildman–Crippen MR) is 78.5 cm³/mol. The van der Waals surface area contributed by atoms with Gasteiger partial charge < -0.3 is 5.32 Å². The van der Waals surface area contributed by atoms with E-state index in [0.717, 1.165) is 22.9 Å². The van der Waals surface area contributed by atoms with Gasteiger partial charge in [0.2, 0.25) is 0 Å². The topological polar surface area (TPSA) is 12.0 Å². The fourth-order valence-corrected chi connectivity index (χ4v) is 3.15. The van der Waals surface area contributed by atoms with E-state index in [-0.39, 0.29) is 0 Å². The highest BCUT2D eigenvalue weighted by Gasteiger charge is 2.18. The summed E-state index contributed by atoms with van der Waals surface area (Å²) in [5, 5.41) is 3.61. The molecule has 0 heterocycles. The number of rotatable bonds is 3. The zero-order valence-electron chi connectivity index (χ0n) is 10.8. The molecule has 0 saturated heterocycles. The molecular weight excluding hydrogens is 274 g/mol. The minimum absolute atomic E-state index is 0.858. The fourth-order valence-electron chi connectivity index (χ4n) is 2.78. The van der Waals surface area contributed by atoms with Crippen LogP contribution in [0.4, 0.5) is 5.69 Å². The Hall–Kier alpha value is -0.500. The van der Waals surface area contributed by atoms with E-state index in [1.165, 1.54) is 36.9 Å². The number of aryl methyl sites for hydroxylation is 1. The minimum Gasteiger partial charge on any atom is -0.385 e. The average molecular weight is 296 g/mol. The van der Waals surface area contributed by atoms with Gasteiger partial charge in [-0.15, -0.1) is 0 Å². The number of benzene rings is 1. The van der Waals surface area contributed by atoms with Crippen molar-refractivity contribution in [3.05, 3.63) is 28.2 Å². The molecule has 1 fully saturated rings. The number of anilines is 1. The molecule has 2 atom stereocenters. The van der Waals surface area contributed by atoms with E-state index >= 15 is 0 Å². The van der Waals surface area contributed by atoms with Crippen LogP contribution in [0.2, 0.25) is 0 Å². The first-order valence-electron chi connectivity index (χ1n) is 6.65. The predicted octanol–water partition coefficient (Wildman–Crippen LogP) is 5.00. The minimum atomic E-state index is 0.858. The monoisotopic (exact) mass is 295 g/mol. The molecule has 0 radical (unpaired) electrons. The van der Waals surface area contributed by atoms with Gasteiger partial charge in [0.05, 0.1) is 0 Å². The molecular formula is C15H22BrN. The SMILES string of the molecule is Cc1ccc(Br)cc1NCC1CCCC(C)C1. The number of nitrogens with one attached hydrogen (secondary N) is 1. The van der Waals surface area contributed by atoms with Crippen LogP contribution in [0.1, 0.15) is 38.2 Å². The Labute approximate surface area is 113 Å². The zero-order chi connectivity index (χ0) is 12.3. The molecule has 2 rings (SSSR count). The van der Waals surface area contributed by atoms with Crippen molar-refractivity contribution < 1.29 is 0 Å². The zero-order valence-corrected chi connectivity index (χ0v) is 12.4. The van der Waals surface area contributed by atoms with E-state index in [2.05, 4.69) is 53.3 Å². The molecule has 2 heteroatoms. The van der Waals surface area contributed by atoms with Crippen molar-refractivity contribution in [3.8, 4) is 0 Å². The maximum absolute atomic E-state index is 3.61. The van der Waals surface area contributed by atoms with Crippen LogP contribution < -0.4 is 5.32 Å². The number of hydrogen-bond acceptors (Lipinski definition) is 1. The van der Waals surface area contributed by atoms with Gasteiger partial charge in [0.15, 0.2) is 0 Å². The Bertz CT molecular complexity index is 375. The summed E-state index contributed by atoms with van der Waals surface area (Å²) in [6, 6.07) is 6.45. The Morgan fingerprint density at radius 3 is 2.94 bits per heavy atom. The van der Waals surface area contributed by atoms with E-state index in [9.17, 15) is 0 Å². The summed E-state index contributed by atoms with van der Waals surface area (Å²) in [4.78, 5) is 0. The molecule has 0 bridgehead atoms. The van der Waals surface area contributed by atoms with Crippen LogP contribution in [0.5, 0.6) is 0 Å². The van der Waals surface area contributed by atoms with E-state index in [0.29, 0.717) is 0 Å². The maximum Gasteiger partial charge on any atom is 0.0381 e. The van der Waals surface area contributed by atoms with Crippen molar-refractivity contribution in [1.82, 2.24) is 0 Å². The lowest BCUT2D eigenvalue weighted by Gasteiger charge is -2.27. The number of halogens is 1. The second-order valence-electron chi connectivity index (χ2n) is 5.48. The average Bonchev–Trinajstić information content (AvgIpc) is 2.30. The molecule has 1 aliphatic rings. The third kappa shape index (κ3) is 3.74. The third-order valence-electron chi connectivity index (χ3n) is 3.83. The maximum atomic E-state index is 3.61. The summed E-state index contributed by atoms with van der Waals surface area (Å²) in [7, 11) is 0. The van der Waals surface area contributed by atoms with Crippen LogP contribution in [0.3, 0.4) is 0 Å². The van der Waals surface area contributed by atoms with Crippen LogP contribution >= 0.6 is 15.9 Å². The lowest BCUT2D eigenvalue weighted by Crippen LogP contribution is -2.21. The summed E-state index contributed by atoms with van der Waals surface area (Å²) >= 11 is 3.53. The summed E-state index contributed by atoms with van der Waals surface area (Å²) in [5.41, 5.74) is 2.61. The van der Waals surface area contributed by atoms with Gasteiger partial charge in [-0.05, 0) is 49.3 Å². The Kier molecular flexibility index (Phi) is 4.49. The quantitative estimate of drug-likeness (QED) is 0.828. The first-order valence-corrected chi connectivity index (χ1v) is 7.44. The summed E-state index contributed by atoms with van der Waals surface area (Å²) < 4.78 is 1.16. The van der Waals surface area contributed by atoms with Crippen molar-refractivity contribution in [1.29, 1.82) is 0 Å². The molecule has 2 unspecified atom stereocenters. The fraction of sp³-hybridized carbons (Fsp3) is 0.600. The first-order chi connectivity index (χ1) is 8.15. The van der Waals surface area contributed by atoms with E-state index < -0.39 is 0 Å². The molecule has 1 N–H and O–H groups in total. The van der Waals surface area contributed by atoms with E-state index in [4.69, 9.17) is 0 Å². The Morgan fingerprint density at radius 1 is 1.35 bits per heavy atom. The van der Waals surface area contributed by atoms with Crippen LogP contribution in [-0.4, -0.2) is 6.54 Å². The molecule has 1 aliphatic carbocycles. The van der Waals surface area contributed by atoms with Gasteiger partial charge in [-0.3, -0.25) is 0 Å². The summed E-state index contributed by atoms with van der Waals surface area (Å²) in [6.45, 7) is 5.68. The standard InChI is InChI=1S/C15H22BrN/c1-11-4-3-5-13(8-11)10-17-15-9-14(16)7-6-12(15)2/h6-7,9,11,13,17H,3-5,8,10H2,1-2H3. The molecule has 0 aliphatic heterocycles.